The molecular weight excluding hydrogens is 252 g/mol. The maximum absolute atomic E-state index is 5.66. The van der Waals surface area contributed by atoms with Gasteiger partial charge in [-0.05, 0) is 30.7 Å². The zero-order valence-electron chi connectivity index (χ0n) is 11.8. The van der Waals surface area contributed by atoms with E-state index in [0.717, 1.165) is 31.0 Å². The minimum Gasteiger partial charge on any atom is -0.494 e. The van der Waals surface area contributed by atoms with Crippen LogP contribution in [0, 0.1) is 0 Å². The van der Waals surface area contributed by atoms with Crippen molar-refractivity contribution >= 4 is 10.9 Å². The van der Waals surface area contributed by atoms with Crippen molar-refractivity contribution in [1.29, 1.82) is 0 Å². The van der Waals surface area contributed by atoms with Gasteiger partial charge in [-0.3, -0.25) is 4.68 Å². The van der Waals surface area contributed by atoms with Crippen molar-refractivity contribution in [2.24, 2.45) is 7.05 Å². The fourth-order valence-corrected chi connectivity index (χ4v) is 2.27. The fraction of sp³-hybridized carbons (Fsp3) is 0.333. The second kappa shape index (κ2) is 5.36. The summed E-state index contributed by atoms with van der Waals surface area (Å²) in [6.45, 7) is 3.59. The highest BCUT2D eigenvalue weighted by atomic mass is 16.5. The lowest BCUT2D eigenvalue weighted by molar-refractivity contribution is 0.318. The van der Waals surface area contributed by atoms with Gasteiger partial charge in [0.05, 0.1) is 13.2 Å². The highest BCUT2D eigenvalue weighted by molar-refractivity contribution is 5.81. The molecule has 0 saturated heterocycles. The predicted octanol–water partition coefficient (Wildman–Crippen LogP) is 2.61. The first-order valence-corrected chi connectivity index (χ1v) is 6.83. The van der Waals surface area contributed by atoms with E-state index in [2.05, 4.69) is 46.2 Å². The van der Waals surface area contributed by atoms with Gasteiger partial charge in [-0.2, -0.15) is 0 Å². The van der Waals surface area contributed by atoms with E-state index < -0.39 is 0 Å². The minimum atomic E-state index is 0.729. The van der Waals surface area contributed by atoms with Gasteiger partial charge in [0.15, 0.2) is 0 Å². The Labute approximate surface area is 117 Å². The molecule has 104 valence electrons. The first-order chi connectivity index (χ1) is 9.76. The molecule has 0 spiro atoms. The normalized spacial score (nSPS) is 11.1. The second-order valence-electron chi connectivity index (χ2n) is 4.90. The number of ether oxygens (including phenoxy) is 1. The summed E-state index contributed by atoms with van der Waals surface area (Å²) >= 11 is 0. The largest absolute Gasteiger partial charge is 0.494 e. The summed E-state index contributed by atoms with van der Waals surface area (Å²) in [4.78, 5) is 0. The quantitative estimate of drug-likeness (QED) is 0.716. The number of aromatic nitrogens is 4. The number of nitrogens with zero attached hydrogens (tertiary/aromatic N) is 4. The third-order valence-electron chi connectivity index (χ3n) is 3.20. The monoisotopic (exact) mass is 270 g/mol. The molecule has 2 aromatic heterocycles. The highest BCUT2D eigenvalue weighted by Crippen LogP contribution is 2.22. The summed E-state index contributed by atoms with van der Waals surface area (Å²) in [6.07, 6.45) is 5.03. The lowest BCUT2D eigenvalue weighted by Crippen LogP contribution is -1.98. The Hall–Kier alpha value is -2.30. The van der Waals surface area contributed by atoms with Crippen LogP contribution in [0.25, 0.3) is 10.9 Å². The Kier molecular flexibility index (Phi) is 3.41. The van der Waals surface area contributed by atoms with E-state index >= 15 is 0 Å². The van der Waals surface area contributed by atoms with Crippen molar-refractivity contribution in [2.75, 3.05) is 6.61 Å². The standard InChI is InChI=1S/C15H18N4O/c1-3-8-20-14-4-5-15-12(9-14)6-7-19(15)11-13-10-18(2)17-16-13/h4-7,9-10H,3,8,11H2,1-2H3. The van der Waals surface area contributed by atoms with E-state index in [9.17, 15) is 0 Å². The van der Waals surface area contributed by atoms with Crippen LogP contribution in [0.5, 0.6) is 5.75 Å². The van der Waals surface area contributed by atoms with Gasteiger partial charge in [0.25, 0.3) is 0 Å². The molecule has 2 heterocycles. The average molecular weight is 270 g/mol. The molecule has 0 N–H and O–H groups in total. The number of hydrogen-bond acceptors (Lipinski definition) is 3. The number of benzene rings is 1. The predicted molar refractivity (Wildman–Crippen MR) is 77.8 cm³/mol. The van der Waals surface area contributed by atoms with Gasteiger partial charge in [-0.25, -0.2) is 0 Å². The number of rotatable bonds is 5. The van der Waals surface area contributed by atoms with Crippen molar-refractivity contribution in [3.05, 3.63) is 42.4 Å². The van der Waals surface area contributed by atoms with E-state index in [0.29, 0.717) is 0 Å². The summed E-state index contributed by atoms with van der Waals surface area (Å²) in [5.41, 5.74) is 2.14. The molecule has 0 aliphatic heterocycles. The van der Waals surface area contributed by atoms with Crippen LogP contribution in [0.1, 0.15) is 19.0 Å². The van der Waals surface area contributed by atoms with Crippen LogP contribution in [0.2, 0.25) is 0 Å². The molecular formula is C15H18N4O. The third-order valence-corrected chi connectivity index (χ3v) is 3.20. The van der Waals surface area contributed by atoms with Gasteiger partial charge in [-0.15, -0.1) is 5.10 Å². The molecule has 0 radical (unpaired) electrons. The molecule has 3 aromatic rings. The summed E-state index contributed by atoms with van der Waals surface area (Å²) in [5.74, 6) is 0.927. The van der Waals surface area contributed by atoms with Crippen LogP contribution < -0.4 is 4.74 Å². The fourth-order valence-electron chi connectivity index (χ4n) is 2.27. The molecule has 0 aliphatic carbocycles. The zero-order chi connectivity index (χ0) is 13.9. The third kappa shape index (κ3) is 2.52. The van der Waals surface area contributed by atoms with E-state index in [1.165, 1.54) is 10.9 Å². The molecule has 0 unspecified atom stereocenters. The molecule has 0 aliphatic rings. The minimum absolute atomic E-state index is 0.729. The van der Waals surface area contributed by atoms with Crippen molar-refractivity contribution in [3.63, 3.8) is 0 Å². The van der Waals surface area contributed by atoms with Crippen molar-refractivity contribution in [2.45, 2.75) is 19.9 Å². The molecule has 20 heavy (non-hydrogen) atoms. The highest BCUT2D eigenvalue weighted by Gasteiger charge is 2.05. The van der Waals surface area contributed by atoms with Gasteiger partial charge in [0.1, 0.15) is 11.4 Å². The Morgan fingerprint density at radius 1 is 1.25 bits per heavy atom. The van der Waals surface area contributed by atoms with Crippen LogP contribution in [-0.4, -0.2) is 26.2 Å². The molecule has 0 amide bonds. The molecule has 0 bridgehead atoms. The first kappa shape index (κ1) is 12.7. The maximum Gasteiger partial charge on any atom is 0.120 e. The van der Waals surface area contributed by atoms with Crippen LogP contribution in [0.3, 0.4) is 0 Å². The summed E-state index contributed by atoms with van der Waals surface area (Å²) in [7, 11) is 1.88. The first-order valence-electron chi connectivity index (χ1n) is 6.83. The summed E-state index contributed by atoms with van der Waals surface area (Å²) < 4.78 is 9.55. The molecule has 3 rings (SSSR count). The zero-order valence-corrected chi connectivity index (χ0v) is 11.8. The van der Waals surface area contributed by atoms with Crippen LogP contribution in [0.4, 0.5) is 0 Å². The van der Waals surface area contributed by atoms with Crippen molar-refractivity contribution in [1.82, 2.24) is 19.6 Å². The van der Waals surface area contributed by atoms with Crippen LogP contribution >= 0.6 is 0 Å². The smallest absolute Gasteiger partial charge is 0.120 e. The van der Waals surface area contributed by atoms with Crippen molar-refractivity contribution < 1.29 is 4.74 Å². The van der Waals surface area contributed by atoms with E-state index in [4.69, 9.17) is 4.74 Å². The molecule has 1 aromatic carbocycles. The Balaban J connectivity index is 1.85. The van der Waals surface area contributed by atoms with E-state index in [-0.39, 0.29) is 0 Å². The van der Waals surface area contributed by atoms with Crippen LogP contribution in [0.15, 0.2) is 36.7 Å². The van der Waals surface area contributed by atoms with Crippen molar-refractivity contribution in [3.8, 4) is 5.75 Å². The number of aryl methyl sites for hydroxylation is 1. The average Bonchev–Trinajstić information content (AvgIpc) is 3.04. The summed E-state index contributed by atoms with van der Waals surface area (Å²) in [6, 6.07) is 8.30. The molecule has 0 fully saturated rings. The van der Waals surface area contributed by atoms with Gasteiger partial charge in [0.2, 0.25) is 0 Å². The van der Waals surface area contributed by atoms with Crippen LogP contribution in [-0.2, 0) is 13.6 Å². The summed E-state index contributed by atoms with van der Waals surface area (Å²) in [5, 5.41) is 9.26. The Morgan fingerprint density at radius 2 is 2.15 bits per heavy atom. The number of hydrogen-bond donors (Lipinski definition) is 0. The molecule has 5 heteroatoms. The topological polar surface area (TPSA) is 44.9 Å². The molecule has 0 saturated carbocycles. The van der Waals surface area contributed by atoms with E-state index in [1.54, 1.807) is 4.68 Å². The lowest BCUT2D eigenvalue weighted by atomic mass is 10.2. The molecule has 5 nitrogen and oxygen atoms in total. The van der Waals surface area contributed by atoms with Gasteiger partial charge >= 0.3 is 0 Å². The van der Waals surface area contributed by atoms with Gasteiger partial charge in [0, 0.05) is 30.3 Å². The van der Waals surface area contributed by atoms with Gasteiger partial charge < -0.3 is 9.30 Å². The Bertz CT molecular complexity index is 714. The lowest BCUT2D eigenvalue weighted by Gasteiger charge is -2.06. The number of fused-ring (bicyclic) bond motifs is 1. The molecule has 0 atom stereocenters. The Morgan fingerprint density at radius 3 is 2.90 bits per heavy atom. The SMILES string of the molecule is CCCOc1ccc2c(ccn2Cc2cn(C)nn2)c1. The van der Waals surface area contributed by atoms with E-state index in [1.807, 2.05) is 19.3 Å². The second-order valence-corrected chi connectivity index (χ2v) is 4.90. The maximum atomic E-state index is 5.66. The van der Waals surface area contributed by atoms with Gasteiger partial charge in [-0.1, -0.05) is 12.1 Å².